The quantitative estimate of drug-likeness (QED) is 0.892. The van der Waals surface area contributed by atoms with Gasteiger partial charge in [0.05, 0.1) is 6.61 Å². The highest BCUT2D eigenvalue weighted by atomic mass is 79.9. The lowest BCUT2D eigenvalue weighted by Crippen LogP contribution is -2.22. The predicted molar refractivity (Wildman–Crippen MR) is 87.2 cm³/mol. The van der Waals surface area contributed by atoms with Gasteiger partial charge in [-0.25, -0.2) is 0 Å². The van der Waals surface area contributed by atoms with Gasteiger partial charge in [0.1, 0.15) is 0 Å². The van der Waals surface area contributed by atoms with Crippen LogP contribution >= 0.6 is 15.9 Å². The van der Waals surface area contributed by atoms with Crippen molar-refractivity contribution in [2.24, 2.45) is 0 Å². The average molecular weight is 348 g/mol. The maximum Gasteiger partial charge on any atom is 0.251 e. The number of benzene rings is 2. The molecule has 0 bridgehead atoms. The normalized spacial score (nSPS) is 10.4. The zero-order valence-electron chi connectivity index (χ0n) is 12.2. The molecule has 4 heteroatoms. The smallest absolute Gasteiger partial charge is 0.251 e. The van der Waals surface area contributed by atoms with Gasteiger partial charge in [0.15, 0.2) is 0 Å². The number of rotatable bonds is 5. The molecule has 0 saturated heterocycles. The van der Waals surface area contributed by atoms with E-state index < -0.39 is 0 Å². The molecule has 0 atom stereocenters. The topological polar surface area (TPSA) is 38.3 Å². The fourth-order valence-corrected chi connectivity index (χ4v) is 2.31. The fourth-order valence-electron chi connectivity index (χ4n) is 2.07. The number of halogens is 1. The summed E-state index contributed by atoms with van der Waals surface area (Å²) >= 11 is 3.43. The second kappa shape index (κ2) is 7.38. The van der Waals surface area contributed by atoms with Crippen LogP contribution in [0.1, 0.15) is 27.0 Å². The molecule has 0 heterocycles. The standard InChI is InChI=1S/C17H18BrNO2/c1-12-8-15(6-7-16(12)18)17(20)19-10-13-4-3-5-14(9-13)11-21-2/h3-9H,10-11H2,1-2H3,(H,19,20). The Morgan fingerprint density at radius 1 is 1.19 bits per heavy atom. The van der Waals surface area contributed by atoms with Crippen LogP contribution in [0.25, 0.3) is 0 Å². The average Bonchev–Trinajstić information content (AvgIpc) is 2.48. The van der Waals surface area contributed by atoms with E-state index in [1.165, 1.54) is 0 Å². The van der Waals surface area contributed by atoms with Crippen molar-refractivity contribution in [3.63, 3.8) is 0 Å². The largest absolute Gasteiger partial charge is 0.380 e. The molecule has 0 unspecified atom stereocenters. The molecule has 0 spiro atoms. The van der Waals surface area contributed by atoms with Crippen molar-refractivity contribution in [3.05, 3.63) is 69.2 Å². The van der Waals surface area contributed by atoms with Crippen LogP contribution in [-0.4, -0.2) is 13.0 Å². The van der Waals surface area contributed by atoms with E-state index in [1.54, 1.807) is 7.11 Å². The van der Waals surface area contributed by atoms with Crippen LogP contribution in [0.4, 0.5) is 0 Å². The van der Waals surface area contributed by atoms with E-state index >= 15 is 0 Å². The Bertz CT molecular complexity index is 640. The van der Waals surface area contributed by atoms with Crippen molar-refractivity contribution in [1.29, 1.82) is 0 Å². The van der Waals surface area contributed by atoms with Crippen LogP contribution in [0.2, 0.25) is 0 Å². The molecular formula is C17H18BrNO2. The van der Waals surface area contributed by atoms with Crippen molar-refractivity contribution in [1.82, 2.24) is 5.32 Å². The Hall–Kier alpha value is -1.65. The van der Waals surface area contributed by atoms with Gasteiger partial charge >= 0.3 is 0 Å². The Balaban J connectivity index is 2.00. The molecule has 0 fully saturated rings. The van der Waals surface area contributed by atoms with Crippen molar-refractivity contribution >= 4 is 21.8 Å². The third-order valence-electron chi connectivity index (χ3n) is 3.18. The monoisotopic (exact) mass is 347 g/mol. The van der Waals surface area contributed by atoms with Crippen molar-refractivity contribution < 1.29 is 9.53 Å². The highest BCUT2D eigenvalue weighted by molar-refractivity contribution is 9.10. The number of hydrogen-bond acceptors (Lipinski definition) is 2. The molecule has 0 aromatic heterocycles. The van der Waals surface area contributed by atoms with Gasteiger partial charge in [0.2, 0.25) is 0 Å². The van der Waals surface area contributed by atoms with Crippen LogP contribution in [0.5, 0.6) is 0 Å². The maximum absolute atomic E-state index is 12.1. The van der Waals surface area contributed by atoms with Crippen molar-refractivity contribution in [3.8, 4) is 0 Å². The van der Waals surface area contributed by atoms with Gasteiger partial charge in [0, 0.05) is 23.7 Å². The van der Waals surface area contributed by atoms with Crippen LogP contribution < -0.4 is 5.32 Å². The van der Waals surface area contributed by atoms with E-state index in [1.807, 2.05) is 49.4 Å². The molecule has 1 N–H and O–H groups in total. The molecule has 0 aliphatic carbocycles. The summed E-state index contributed by atoms with van der Waals surface area (Å²) in [6, 6.07) is 13.6. The van der Waals surface area contributed by atoms with Gasteiger partial charge in [-0.15, -0.1) is 0 Å². The first kappa shape index (κ1) is 15.7. The molecule has 2 aromatic rings. The number of carbonyl (C=O) groups excluding carboxylic acids is 1. The van der Waals surface area contributed by atoms with E-state index in [4.69, 9.17) is 4.74 Å². The Kier molecular flexibility index (Phi) is 5.53. The number of aryl methyl sites for hydroxylation is 1. The summed E-state index contributed by atoms with van der Waals surface area (Å²) in [6.45, 7) is 3.05. The van der Waals surface area contributed by atoms with Gasteiger partial charge < -0.3 is 10.1 Å². The van der Waals surface area contributed by atoms with Gasteiger partial charge in [-0.2, -0.15) is 0 Å². The predicted octanol–water partition coefficient (Wildman–Crippen LogP) is 3.83. The van der Waals surface area contributed by atoms with Crippen LogP contribution in [-0.2, 0) is 17.9 Å². The summed E-state index contributed by atoms with van der Waals surface area (Å²) in [5.74, 6) is -0.0669. The molecule has 21 heavy (non-hydrogen) atoms. The van der Waals surface area contributed by atoms with Crippen LogP contribution in [0.15, 0.2) is 46.9 Å². The summed E-state index contributed by atoms with van der Waals surface area (Å²) in [5.41, 5.74) is 3.88. The van der Waals surface area contributed by atoms with Crippen molar-refractivity contribution in [2.75, 3.05) is 7.11 Å². The molecule has 0 saturated carbocycles. The number of methoxy groups -OCH3 is 1. The second-order valence-electron chi connectivity index (χ2n) is 4.90. The first-order valence-electron chi connectivity index (χ1n) is 6.71. The minimum Gasteiger partial charge on any atom is -0.380 e. The zero-order valence-corrected chi connectivity index (χ0v) is 13.7. The number of amides is 1. The summed E-state index contributed by atoms with van der Waals surface area (Å²) in [7, 11) is 1.67. The van der Waals surface area contributed by atoms with E-state index in [0.29, 0.717) is 18.7 Å². The third-order valence-corrected chi connectivity index (χ3v) is 4.07. The molecule has 0 radical (unpaired) electrons. The molecule has 3 nitrogen and oxygen atoms in total. The second-order valence-corrected chi connectivity index (χ2v) is 5.75. The van der Waals surface area contributed by atoms with E-state index in [-0.39, 0.29) is 5.91 Å². The van der Waals surface area contributed by atoms with E-state index in [2.05, 4.69) is 21.2 Å². The van der Waals surface area contributed by atoms with Gasteiger partial charge in [-0.3, -0.25) is 4.79 Å². The Morgan fingerprint density at radius 2 is 1.95 bits per heavy atom. The van der Waals surface area contributed by atoms with Gasteiger partial charge in [0.25, 0.3) is 5.91 Å². The number of ether oxygens (including phenoxy) is 1. The number of nitrogens with one attached hydrogen (secondary N) is 1. The van der Waals surface area contributed by atoms with E-state index in [9.17, 15) is 4.79 Å². The lowest BCUT2D eigenvalue weighted by Gasteiger charge is -2.08. The van der Waals surface area contributed by atoms with Crippen LogP contribution in [0.3, 0.4) is 0 Å². The Labute approximate surface area is 133 Å². The number of carbonyl (C=O) groups is 1. The lowest BCUT2D eigenvalue weighted by atomic mass is 10.1. The Morgan fingerprint density at radius 3 is 2.67 bits per heavy atom. The summed E-state index contributed by atoms with van der Waals surface area (Å²) < 4.78 is 6.12. The number of hydrogen-bond donors (Lipinski definition) is 1. The maximum atomic E-state index is 12.1. The minimum atomic E-state index is -0.0669. The molecule has 110 valence electrons. The van der Waals surface area contributed by atoms with Crippen LogP contribution in [0, 0.1) is 6.92 Å². The zero-order chi connectivity index (χ0) is 15.2. The first-order valence-corrected chi connectivity index (χ1v) is 7.50. The van der Waals surface area contributed by atoms with Crippen molar-refractivity contribution in [2.45, 2.75) is 20.1 Å². The molecule has 0 aliphatic heterocycles. The van der Waals surface area contributed by atoms with Gasteiger partial charge in [-0.1, -0.05) is 40.2 Å². The third kappa shape index (κ3) is 4.41. The summed E-state index contributed by atoms with van der Waals surface area (Å²) in [4.78, 5) is 12.1. The molecule has 1 amide bonds. The molecule has 2 aromatic carbocycles. The summed E-state index contributed by atoms with van der Waals surface area (Å²) in [5, 5.41) is 2.94. The molecule has 0 aliphatic rings. The van der Waals surface area contributed by atoms with E-state index in [0.717, 1.165) is 21.2 Å². The molecular weight excluding hydrogens is 330 g/mol. The minimum absolute atomic E-state index is 0.0669. The lowest BCUT2D eigenvalue weighted by molar-refractivity contribution is 0.0951. The first-order chi connectivity index (χ1) is 10.1. The van der Waals surface area contributed by atoms with Gasteiger partial charge in [-0.05, 0) is 41.8 Å². The summed E-state index contributed by atoms with van der Waals surface area (Å²) in [6.07, 6.45) is 0. The molecule has 2 rings (SSSR count). The highest BCUT2D eigenvalue weighted by Gasteiger charge is 2.07. The highest BCUT2D eigenvalue weighted by Crippen LogP contribution is 2.17. The fraction of sp³-hybridized carbons (Fsp3) is 0.235. The SMILES string of the molecule is COCc1cccc(CNC(=O)c2ccc(Br)c(C)c2)c1.